The molecule has 1 aromatic heterocycles. The fraction of sp³-hybridized carbons (Fsp3) is 0.588. The van der Waals surface area contributed by atoms with Crippen LogP contribution in [0.2, 0.25) is 0 Å². The number of carbonyl (C=O) groups excluding carboxylic acids is 1. The Bertz CT molecular complexity index is 576. The SMILES string of the molecule is C=CCCC(NC(=O)Cc1c(C)nn(CC(C)C)c1C)C(=O)O. The Hall–Kier alpha value is -2.11. The van der Waals surface area contributed by atoms with Gasteiger partial charge in [0.2, 0.25) is 5.91 Å². The van der Waals surface area contributed by atoms with Gasteiger partial charge in [-0.2, -0.15) is 5.10 Å². The molecular weight excluding hydrogens is 294 g/mol. The van der Waals surface area contributed by atoms with Crippen molar-refractivity contribution in [3.05, 3.63) is 29.6 Å². The highest BCUT2D eigenvalue weighted by atomic mass is 16.4. The second kappa shape index (κ2) is 8.50. The van der Waals surface area contributed by atoms with E-state index in [1.54, 1.807) is 6.08 Å². The molecule has 0 radical (unpaired) electrons. The number of nitrogens with one attached hydrogen (secondary N) is 1. The molecule has 0 spiro atoms. The van der Waals surface area contributed by atoms with Gasteiger partial charge >= 0.3 is 5.97 Å². The van der Waals surface area contributed by atoms with Gasteiger partial charge in [0.1, 0.15) is 6.04 Å². The summed E-state index contributed by atoms with van der Waals surface area (Å²) in [5.74, 6) is -0.856. The molecule has 2 N–H and O–H groups in total. The standard InChI is InChI=1S/C17H27N3O3/c1-6-7-8-15(17(22)23)18-16(21)9-14-12(4)19-20(13(14)5)10-11(2)3/h6,11,15H,1,7-10H2,2-5H3,(H,18,21)(H,22,23). The molecule has 0 aliphatic carbocycles. The van der Waals surface area contributed by atoms with E-state index in [-0.39, 0.29) is 12.3 Å². The molecule has 0 saturated carbocycles. The molecule has 1 amide bonds. The number of hydrogen-bond donors (Lipinski definition) is 2. The maximum absolute atomic E-state index is 12.2. The van der Waals surface area contributed by atoms with Gasteiger partial charge in [-0.15, -0.1) is 6.58 Å². The van der Waals surface area contributed by atoms with Gasteiger partial charge in [0.25, 0.3) is 0 Å². The topological polar surface area (TPSA) is 84.2 Å². The Morgan fingerprint density at radius 1 is 1.39 bits per heavy atom. The van der Waals surface area contributed by atoms with E-state index in [2.05, 4.69) is 30.8 Å². The molecule has 0 aliphatic rings. The Morgan fingerprint density at radius 3 is 2.57 bits per heavy atom. The van der Waals surface area contributed by atoms with Crippen LogP contribution in [0.1, 0.15) is 43.6 Å². The van der Waals surface area contributed by atoms with E-state index < -0.39 is 12.0 Å². The molecule has 128 valence electrons. The number of carboxylic acid groups (broad SMARTS) is 1. The van der Waals surface area contributed by atoms with E-state index in [1.165, 1.54) is 0 Å². The van der Waals surface area contributed by atoms with Gasteiger partial charge in [-0.3, -0.25) is 9.48 Å². The van der Waals surface area contributed by atoms with Crippen LogP contribution in [-0.2, 0) is 22.6 Å². The number of carbonyl (C=O) groups is 2. The van der Waals surface area contributed by atoms with Gasteiger partial charge in [0.15, 0.2) is 0 Å². The Morgan fingerprint density at radius 2 is 2.04 bits per heavy atom. The van der Waals surface area contributed by atoms with Gasteiger partial charge in [0.05, 0.1) is 12.1 Å². The summed E-state index contributed by atoms with van der Waals surface area (Å²) in [6.07, 6.45) is 2.68. The molecule has 1 atom stereocenters. The molecule has 23 heavy (non-hydrogen) atoms. The van der Waals surface area contributed by atoms with E-state index in [0.29, 0.717) is 18.8 Å². The lowest BCUT2D eigenvalue weighted by Gasteiger charge is -2.14. The van der Waals surface area contributed by atoms with Crippen molar-refractivity contribution in [1.82, 2.24) is 15.1 Å². The molecule has 1 unspecified atom stereocenters. The van der Waals surface area contributed by atoms with Crippen molar-refractivity contribution in [1.29, 1.82) is 0 Å². The summed E-state index contributed by atoms with van der Waals surface area (Å²) in [4.78, 5) is 23.4. The van der Waals surface area contributed by atoms with Crippen LogP contribution in [0.3, 0.4) is 0 Å². The first-order valence-corrected chi connectivity index (χ1v) is 7.92. The van der Waals surface area contributed by atoms with Crippen LogP contribution in [0.5, 0.6) is 0 Å². The normalized spacial score (nSPS) is 12.2. The fourth-order valence-electron chi connectivity index (χ4n) is 2.46. The summed E-state index contributed by atoms with van der Waals surface area (Å²) in [5, 5.41) is 16.2. The molecule has 0 fully saturated rings. The lowest BCUT2D eigenvalue weighted by Crippen LogP contribution is -2.41. The zero-order valence-corrected chi connectivity index (χ0v) is 14.4. The summed E-state index contributed by atoms with van der Waals surface area (Å²) in [6.45, 7) is 12.4. The minimum Gasteiger partial charge on any atom is -0.480 e. The van der Waals surface area contributed by atoms with E-state index >= 15 is 0 Å². The summed E-state index contributed by atoms with van der Waals surface area (Å²) >= 11 is 0. The third kappa shape index (κ3) is 5.54. The average molecular weight is 321 g/mol. The molecule has 1 aromatic rings. The van der Waals surface area contributed by atoms with Gasteiger partial charge in [-0.05, 0) is 32.6 Å². The predicted molar refractivity (Wildman–Crippen MR) is 89.2 cm³/mol. The number of amides is 1. The highest BCUT2D eigenvalue weighted by molar-refractivity contribution is 5.85. The molecule has 0 saturated heterocycles. The van der Waals surface area contributed by atoms with Crippen molar-refractivity contribution in [2.24, 2.45) is 5.92 Å². The number of allylic oxidation sites excluding steroid dienone is 1. The largest absolute Gasteiger partial charge is 0.480 e. The Kier molecular flexibility index (Phi) is 7.00. The molecular formula is C17H27N3O3. The third-order valence-electron chi connectivity index (χ3n) is 3.70. The summed E-state index contributed by atoms with van der Waals surface area (Å²) in [7, 11) is 0. The number of nitrogens with zero attached hydrogens (tertiary/aromatic N) is 2. The lowest BCUT2D eigenvalue weighted by atomic mass is 10.1. The van der Waals surface area contributed by atoms with Crippen molar-refractivity contribution < 1.29 is 14.7 Å². The van der Waals surface area contributed by atoms with Gasteiger partial charge < -0.3 is 10.4 Å². The van der Waals surface area contributed by atoms with Crippen molar-refractivity contribution in [2.45, 2.75) is 59.5 Å². The van der Waals surface area contributed by atoms with Gasteiger partial charge in [-0.25, -0.2) is 4.79 Å². The van der Waals surface area contributed by atoms with Crippen LogP contribution in [0, 0.1) is 19.8 Å². The number of aliphatic carboxylic acids is 1. The van der Waals surface area contributed by atoms with E-state index in [4.69, 9.17) is 5.11 Å². The zero-order chi connectivity index (χ0) is 17.6. The second-order valence-electron chi connectivity index (χ2n) is 6.23. The fourth-order valence-corrected chi connectivity index (χ4v) is 2.46. The smallest absolute Gasteiger partial charge is 0.326 e. The zero-order valence-electron chi connectivity index (χ0n) is 14.4. The van der Waals surface area contributed by atoms with E-state index in [1.807, 2.05) is 18.5 Å². The van der Waals surface area contributed by atoms with Crippen molar-refractivity contribution in [2.75, 3.05) is 0 Å². The third-order valence-corrected chi connectivity index (χ3v) is 3.70. The highest BCUT2D eigenvalue weighted by Gasteiger charge is 2.21. The molecule has 6 heteroatoms. The minimum absolute atomic E-state index is 0.146. The van der Waals surface area contributed by atoms with E-state index in [0.717, 1.165) is 23.5 Å². The summed E-state index contributed by atoms with van der Waals surface area (Å²) in [6, 6.07) is -0.883. The van der Waals surface area contributed by atoms with Crippen molar-refractivity contribution in [3.8, 4) is 0 Å². The summed E-state index contributed by atoms with van der Waals surface area (Å²) in [5.41, 5.74) is 2.65. The first kappa shape index (κ1) is 18.9. The lowest BCUT2D eigenvalue weighted by molar-refractivity contribution is -0.141. The van der Waals surface area contributed by atoms with Crippen molar-refractivity contribution >= 4 is 11.9 Å². The maximum atomic E-state index is 12.2. The monoisotopic (exact) mass is 321 g/mol. The first-order valence-electron chi connectivity index (χ1n) is 7.92. The second-order valence-corrected chi connectivity index (χ2v) is 6.23. The van der Waals surface area contributed by atoms with Crippen LogP contribution in [-0.4, -0.2) is 32.8 Å². The molecule has 1 rings (SSSR count). The van der Waals surface area contributed by atoms with Crippen LogP contribution in [0.4, 0.5) is 0 Å². The Balaban J connectivity index is 2.78. The predicted octanol–water partition coefficient (Wildman–Crippen LogP) is 2.23. The number of hydrogen-bond acceptors (Lipinski definition) is 3. The highest BCUT2D eigenvalue weighted by Crippen LogP contribution is 2.15. The number of aromatic nitrogens is 2. The molecule has 0 bridgehead atoms. The van der Waals surface area contributed by atoms with Crippen LogP contribution >= 0.6 is 0 Å². The van der Waals surface area contributed by atoms with E-state index in [9.17, 15) is 9.59 Å². The first-order chi connectivity index (χ1) is 10.8. The average Bonchev–Trinajstić information content (AvgIpc) is 2.70. The van der Waals surface area contributed by atoms with Crippen LogP contribution in [0.15, 0.2) is 12.7 Å². The molecule has 1 heterocycles. The number of carboxylic acids is 1. The number of aryl methyl sites for hydroxylation is 1. The Labute approximate surface area is 137 Å². The van der Waals surface area contributed by atoms with Gasteiger partial charge in [-0.1, -0.05) is 19.9 Å². The minimum atomic E-state index is -1.02. The van der Waals surface area contributed by atoms with Gasteiger partial charge in [0, 0.05) is 17.8 Å². The summed E-state index contributed by atoms with van der Waals surface area (Å²) < 4.78 is 1.91. The van der Waals surface area contributed by atoms with Crippen LogP contribution < -0.4 is 5.32 Å². The molecule has 0 aliphatic heterocycles. The van der Waals surface area contributed by atoms with Crippen molar-refractivity contribution in [3.63, 3.8) is 0 Å². The maximum Gasteiger partial charge on any atom is 0.326 e. The molecule has 6 nitrogen and oxygen atoms in total. The molecule has 0 aromatic carbocycles. The quantitative estimate of drug-likeness (QED) is 0.683. The van der Waals surface area contributed by atoms with Crippen LogP contribution in [0.25, 0.3) is 0 Å². The number of rotatable bonds is 9.